The molecule has 1 aromatic carbocycles. The Labute approximate surface area is 85.6 Å². The van der Waals surface area contributed by atoms with Crippen LogP contribution in [0.5, 0.6) is 0 Å². The molecule has 14 heavy (non-hydrogen) atoms. The lowest BCUT2D eigenvalue weighted by molar-refractivity contribution is 0.754. The maximum absolute atomic E-state index is 5.95. The van der Waals surface area contributed by atoms with Gasteiger partial charge in [-0.3, -0.25) is 0 Å². The third-order valence-corrected chi connectivity index (χ3v) is 2.97. The molecule has 2 rings (SSSR count). The summed E-state index contributed by atoms with van der Waals surface area (Å²) in [6.45, 7) is 4.32. The first-order chi connectivity index (χ1) is 6.70. The summed E-state index contributed by atoms with van der Waals surface area (Å²) in [7, 11) is 0. The first-order valence-corrected chi connectivity index (χ1v) is 5.25. The number of nitrogens with two attached hydrogens (primary N) is 1. The molecule has 74 valence electrons. The first-order valence-electron chi connectivity index (χ1n) is 5.25. The zero-order chi connectivity index (χ0) is 10.1. The minimum atomic E-state index is 0.125. The normalized spacial score (nSPS) is 21.8. The molecule has 0 heterocycles. The zero-order valence-electron chi connectivity index (χ0n) is 8.83. The maximum Gasteiger partial charge on any atom is 0.0272 e. The summed E-state index contributed by atoms with van der Waals surface area (Å²) in [6, 6.07) is 6.59. The molecule has 2 atom stereocenters. The Bertz CT molecular complexity index is 363. The number of fused-ring (bicyclic) bond motifs is 1. The van der Waals surface area contributed by atoms with Crippen LogP contribution >= 0.6 is 0 Å². The zero-order valence-corrected chi connectivity index (χ0v) is 8.83. The van der Waals surface area contributed by atoms with Gasteiger partial charge in [-0.15, -0.1) is 0 Å². The molecule has 0 saturated heterocycles. The van der Waals surface area contributed by atoms with Crippen LogP contribution < -0.4 is 5.73 Å². The van der Waals surface area contributed by atoms with Crippen LogP contribution in [-0.2, 0) is 0 Å². The van der Waals surface area contributed by atoms with E-state index in [4.69, 9.17) is 5.73 Å². The summed E-state index contributed by atoms with van der Waals surface area (Å²) in [5.41, 5.74) is 10.0. The van der Waals surface area contributed by atoms with Crippen molar-refractivity contribution in [2.75, 3.05) is 0 Å². The second-order valence-electron chi connectivity index (χ2n) is 4.18. The van der Waals surface area contributed by atoms with Gasteiger partial charge in [0.15, 0.2) is 0 Å². The minimum absolute atomic E-state index is 0.125. The second kappa shape index (κ2) is 3.58. The van der Waals surface area contributed by atoms with Gasteiger partial charge in [0.2, 0.25) is 0 Å². The Morgan fingerprint density at radius 1 is 1.43 bits per heavy atom. The Kier molecular flexibility index (Phi) is 2.42. The van der Waals surface area contributed by atoms with E-state index >= 15 is 0 Å². The number of hydrogen-bond donors (Lipinski definition) is 1. The Balaban J connectivity index is 2.57. The summed E-state index contributed by atoms with van der Waals surface area (Å²) in [6.07, 6.45) is 5.61. The van der Waals surface area contributed by atoms with Crippen LogP contribution in [0.3, 0.4) is 0 Å². The fourth-order valence-corrected chi connectivity index (χ4v) is 2.14. The average Bonchev–Trinajstić information content (AvgIpc) is 2.17. The quantitative estimate of drug-likeness (QED) is 0.717. The van der Waals surface area contributed by atoms with E-state index in [2.05, 4.69) is 37.3 Å². The molecule has 0 fully saturated rings. The van der Waals surface area contributed by atoms with Crippen molar-refractivity contribution in [1.82, 2.24) is 0 Å². The van der Waals surface area contributed by atoms with E-state index in [9.17, 15) is 0 Å². The van der Waals surface area contributed by atoms with Gasteiger partial charge in [-0.1, -0.05) is 37.3 Å². The summed E-state index contributed by atoms with van der Waals surface area (Å²) in [5.74, 6) is 0.633. The predicted molar refractivity (Wildman–Crippen MR) is 61.1 cm³/mol. The van der Waals surface area contributed by atoms with Crippen LogP contribution in [0.1, 0.15) is 48.9 Å². The van der Waals surface area contributed by atoms with Crippen molar-refractivity contribution in [3.63, 3.8) is 0 Å². The predicted octanol–water partition coefficient (Wildman–Crippen LogP) is 3.23. The van der Waals surface area contributed by atoms with Gasteiger partial charge in [0.1, 0.15) is 0 Å². The van der Waals surface area contributed by atoms with E-state index in [1.165, 1.54) is 16.7 Å². The second-order valence-corrected chi connectivity index (χ2v) is 4.18. The molecule has 0 aliphatic heterocycles. The molecule has 0 radical (unpaired) electrons. The molecule has 2 N–H and O–H groups in total. The fraction of sp³-hybridized carbons (Fsp3) is 0.385. The van der Waals surface area contributed by atoms with Crippen LogP contribution in [0.25, 0.3) is 6.08 Å². The average molecular weight is 187 g/mol. The van der Waals surface area contributed by atoms with Crippen molar-refractivity contribution < 1.29 is 0 Å². The number of hydrogen-bond acceptors (Lipinski definition) is 1. The molecule has 0 spiro atoms. The lowest BCUT2D eigenvalue weighted by atomic mass is 9.85. The van der Waals surface area contributed by atoms with Gasteiger partial charge in [-0.05, 0) is 36.0 Å². The van der Waals surface area contributed by atoms with Gasteiger partial charge in [0.25, 0.3) is 0 Å². The maximum atomic E-state index is 5.95. The van der Waals surface area contributed by atoms with Gasteiger partial charge >= 0.3 is 0 Å². The van der Waals surface area contributed by atoms with Gasteiger partial charge in [0.05, 0.1) is 0 Å². The van der Waals surface area contributed by atoms with E-state index < -0.39 is 0 Å². The van der Waals surface area contributed by atoms with Crippen LogP contribution in [0.15, 0.2) is 24.3 Å². The van der Waals surface area contributed by atoms with E-state index in [0.717, 1.165) is 6.42 Å². The number of benzene rings is 1. The van der Waals surface area contributed by atoms with Crippen molar-refractivity contribution in [3.8, 4) is 0 Å². The summed E-state index contributed by atoms with van der Waals surface area (Å²) in [4.78, 5) is 0. The van der Waals surface area contributed by atoms with Crippen molar-refractivity contribution in [2.45, 2.75) is 32.2 Å². The van der Waals surface area contributed by atoms with E-state index in [0.29, 0.717) is 5.92 Å². The van der Waals surface area contributed by atoms with E-state index in [1.54, 1.807) is 0 Å². The molecule has 1 aromatic rings. The molecule has 0 aromatic heterocycles. The highest BCUT2D eigenvalue weighted by molar-refractivity contribution is 5.62. The molecule has 0 saturated carbocycles. The SMILES string of the molecule is CC1CC=Cc2c1cccc2[C@@H](C)N. The van der Waals surface area contributed by atoms with Crippen molar-refractivity contribution in [2.24, 2.45) is 5.73 Å². The highest BCUT2D eigenvalue weighted by atomic mass is 14.6. The fourth-order valence-electron chi connectivity index (χ4n) is 2.14. The summed E-state index contributed by atoms with van der Waals surface area (Å²) >= 11 is 0. The third-order valence-electron chi connectivity index (χ3n) is 2.97. The Hall–Kier alpha value is -1.08. The van der Waals surface area contributed by atoms with Gasteiger partial charge in [-0.2, -0.15) is 0 Å². The largest absolute Gasteiger partial charge is 0.324 e. The molecular formula is C13H17N. The lowest BCUT2D eigenvalue weighted by Gasteiger charge is -2.21. The van der Waals surface area contributed by atoms with Crippen molar-refractivity contribution in [1.29, 1.82) is 0 Å². The van der Waals surface area contributed by atoms with Gasteiger partial charge in [0, 0.05) is 6.04 Å². The van der Waals surface area contributed by atoms with Crippen LogP contribution in [0.4, 0.5) is 0 Å². The molecule has 1 unspecified atom stereocenters. The first kappa shape index (κ1) is 9.47. The molecule has 0 bridgehead atoms. The Morgan fingerprint density at radius 3 is 2.93 bits per heavy atom. The minimum Gasteiger partial charge on any atom is -0.324 e. The monoisotopic (exact) mass is 187 g/mol. The van der Waals surface area contributed by atoms with E-state index in [-0.39, 0.29) is 6.04 Å². The summed E-state index contributed by atoms with van der Waals surface area (Å²) in [5, 5.41) is 0. The van der Waals surface area contributed by atoms with Crippen LogP contribution in [0, 0.1) is 0 Å². The van der Waals surface area contributed by atoms with E-state index in [1.807, 2.05) is 6.92 Å². The standard InChI is InChI=1S/C13H17N/c1-9-5-3-8-13-11(9)6-4-7-12(13)10(2)14/h3-4,6-10H,5,14H2,1-2H3/t9?,10-/m1/s1. The molecule has 0 amide bonds. The van der Waals surface area contributed by atoms with Gasteiger partial charge in [-0.25, -0.2) is 0 Å². The molecule has 1 aliphatic carbocycles. The van der Waals surface area contributed by atoms with Crippen molar-refractivity contribution >= 4 is 6.08 Å². The molecule has 1 heteroatoms. The van der Waals surface area contributed by atoms with Crippen molar-refractivity contribution in [3.05, 3.63) is 41.0 Å². The molecular weight excluding hydrogens is 170 g/mol. The number of rotatable bonds is 1. The smallest absolute Gasteiger partial charge is 0.0272 e. The topological polar surface area (TPSA) is 26.0 Å². The third kappa shape index (κ3) is 1.48. The lowest BCUT2D eigenvalue weighted by Crippen LogP contribution is -2.10. The molecule has 1 nitrogen and oxygen atoms in total. The van der Waals surface area contributed by atoms with Crippen LogP contribution in [0.2, 0.25) is 0 Å². The number of allylic oxidation sites excluding steroid dienone is 1. The van der Waals surface area contributed by atoms with Crippen LogP contribution in [-0.4, -0.2) is 0 Å². The highest BCUT2D eigenvalue weighted by Crippen LogP contribution is 2.32. The highest BCUT2D eigenvalue weighted by Gasteiger charge is 2.15. The Morgan fingerprint density at radius 2 is 2.21 bits per heavy atom. The molecule has 1 aliphatic rings. The van der Waals surface area contributed by atoms with Gasteiger partial charge < -0.3 is 5.73 Å². The summed E-state index contributed by atoms with van der Waals surface area (Å²) < 4.78 is 0.